The van der Waals surface area contributed by atoms with Crippen molar-refractivity contribution < 1.29 is 14.3 Å². The first-order valence-electron chi connectivity index (χ1n) is 12.6. The SMILES string of the molecule is CCCCCCCN(C(=O)NCCCCCC)c1cccc(Sc2cccc(OC(C)=O)c2)c1. The number of ether oxygens (including phenoxy) is 1. The van der Waals surface area contributed by atoms with Gasteiger partial charge in [0.05, 0.1) is 0 Å². The van der Waals surface area contributed by atoms with Crippen LogP contribution in [0, 0.1) is 0 Å². The zero-order chi connectivity index (χ0) is 24.6. The van der Waals surface area contributed by atoms with Crippen LogP contribution in [0.2, 0.25) is 0 Å². The monoisotopic (exact) mass is 484 g/mol. The molecule has 2 aromatic rings. The highest BCUT2D eigenvalue weighted by atomic mass is 32.2. The second-order valence-electron chi connectivity index (χ2n) is 8.53. The molecule has 0 aliphatic carbocycles. The van der Waals surface area contributed by atoms with Crippen molar-refractivity contribution in [2.45, 2.75) is 88.3 Å². The van der Waals surface area contributed by atoms with Crippen molar-refractivity contribution in [3.05, 3.63) is 48.5 Å². The van der Waals surface area contributed by atoms with Gasteiger partial charge in [-0.25, -0.2) is 4.79 Å². The van der Waals surface area contributed by atoms with Gasteiger partial charge in [0, 0.05) is 35.5 Å². The molecule has 6 heteroatoms. The van der Waals surface area contributed by atoms with Gasteiger partial charge < -0.3 is 10.1 Å². The van der Waals surface area contributed by atoms with Crippen LogP contribution < -0.4 is 15.0 Å². The number of carbonyl (C=O) groups is 2. The number of unbranched alkanes of at least 4 members (excludes halogenated alkanes) is 7. The molecule has 2 rings (SSSR count). The van der Waals surface area contributed by atoms with Crippen molar-refractivity contribution in [1.29, 1.82) is 0 Å². The molecule has 0 heterocycles. The lowest BCUT2D eigenvalue weighted by Gasteiger charge is -2.24. The van der Waals surface area contributed by atoms with Gasteiger partial charge in [-0.05, 0) is 49.2 Å². The van der Waals surface area contributed by atoms with E-state index in [4.69, 9.17) is 4.74 Å². The summed E-state index contributed by atoms with van der Waals surface area (Å²) in [6.07, 6.45) is 10.3. The molecule has 2 amide bonds. The molecule has 186 valence electrons. The maximum absolute atomic E-state index is 13.1. The molecule has 0 unspecified atom stereocenters. The number of nitrogens with one attached hydrogen (secondary N) is 1. The normalized spacial score (nSPS) is 10.7. The number of rotatable bonds is 15. The molecule has 0 spiro atoms. The molecule has 1 N–H and O–H groups in total. The van der Waals surface area contributed by atoms with Gasteiger partial charge in [-0.2, -0.15) is 0 Å². The second-order valence-corrected chi connectivity index (χ2v) is 9.67. The Bertz CT molecular complexity index is 887. The lowest BCUT2D eigenvalue weighted by atomic mass is 10.1. The fourth-order valence-electron chi connectivity index (χ4n) is 3.68. The summed E-state index contributed by atoms with van der Waals surface area (Å²) in [6, 6.07) is 15.6. The minimum atomic E-state index is -0.334. The Morgan fingerprint density at radius 3 is 2.21 bits per heavy atom. The summed E-state index contributed by atoms with van der Waals surface area (Å²) in [4.78, 5) is 28.2. The lowest BCUT2D eigenvalue weighted by Crippen LogP contribution is -2.41. The lowest BCUT2D eigenvalue weighted by molar-refractivity contribution is -0.131. The Labute approximate surface area is 209 Å². The van der Waals surface area contributed by atoms with E-state index in [1.165, 1.54) is 39.0 Å². The van der Waals surface area contributed by atoms with E-state index < -0.39 is 0 Å². The van der Waals surface area contributed by atoms with Crippen LogP contribution >= 0.6 is 11.8 Å². The number of urea groups is 1. The Morgan fingerprint density at radius 1 is 0.853 bits per heavy atom. The number of hydrogen-bond donors (Lipinski definition) is 1. The van der Waals surface area contributed by atoms with Gasteiger partial charge in [-0.3, -0.25) is 9.69 Å². The van der Waals surface area contributed by atoms with Gasteiger partial charge in [0.1, 0.15) is 5.75 Å². The number of nitrogens with zero attached hydrogens (tertiary/aromatic N) is 1. The fourth-order valence-corrected chi connectivity index (χ4v) is 4.60. The number of anilines is 1. The number of esters is 1. The van der Waals surface area contributed by atoms with Crippen LogP contribution in [0.5, 0.6) is 5.75 Å². The van der Waals surface area contributed by atoms with Gasteiger partial charge in [0.2, 0.25) is 0 Å². The smallest absolute Gasteiger partial charge is 0.321 e. The van der Waals surface area contributed by atoms with Gasteiger partial charge in [-0.1, -0.05) is 82.7 Å². The summed E-state index contributed by atoms with van der Waals surface area (Å²) >= 11 is 1.58. The van der Waals surface area contributed by atoms with Crippen molar-refractivity contribution in [3.8, 4) is 5.75 Å². The summed E-state index contributed by atoms with van der Waals surface area (Å²) in [5, 5.41) is 3.12. The van der Waals surface area contributed by atoms with Gasteiger partial charge in [-0.15, -0.1) is 0 Å². The van der Waals surface area contributed by atoms with E-state index in [2.05, 4.69) is 25.2 Å². The minimum Gasteiger partial charge on any atom is -0.427 e. The summed E-state index contributed by atoms with van der Waals surface area (Å²) in [6.45, 7) is 7.22. The Morgan fingerprint density at radius 2 is 1.50 bits per heavy atom. The Kier molecular flexibility index (Phi) is 13.2. The molecule has 0 fully saturated rings. The average molecular weight is 485 g/mol. The molecule has 2 aromatic carbocycles. The first kappa shape index (κ1) is 27.8. The molecular weight excluding hydrogens is 444 g/mol. The third-order valence-corrected chi connectivity index (χ3v) is 6.45. The third-order valence-electron chi connectivity index (χ3n) is 5.47. The average Bonchev–Trinajstić information content (AvgIpc) is 2.81. The van der Waals surface area contributed by atoms with Crippen LogP contribution in [-0.2, 0) is 4.79 Å². The summed E-state index contributed by atoms with van der Waals surface area (Å²) < 4.78 is 5.21. The molecule has 0 radical (unpaired) electrons. The highest BCUT2D eigenvalue weighted by molar-refractivity contribution is 7.99. The number of hydrogen-bond acceptors (Lipinski definition) is 4. The summed E-state index contributed by atoms with van der Waals surface area (Å²) in [5.74, 6) is 0.198. The third kappa shape index (κ3) is 10.6. The van der Waals surface area contributed by atoms with E-state index in [1.54, 1.807) is 17.8 Å². The molecular formula is C28H40N2O3S. The fraction of sp³-hybridized carbons (Fsp3) is 0.500. The summed E-state index contributed by atoms with van der Waals surface area (Å²) in [7, 11) is 0. The van der Waals surface area contributed by atoms with E-state index in [0.717, 1.165) is 41.2 Å². The minimum absolute atomic E-state index is 0.0222. The van der Waals surface area contributed by atoms with Crippen LogP contribution in [0.1, 0.15) is 78.6 Å². The number of carbonyl (C=O) groups excluding carboxylic acids is 2. The predicted octanol–water partition coefficient (Wildman–Crippen LogP) is 7.83. The molecule has 34 heavy (non-hydrogen) atoms. The van der Waals surface area contributed by atoms with Gasteiger partial charge in [0.15, 0.2) is 0 Å². The van der Waals surface area contributed by atoms with Gasteiger partial charge in [0.25, 0.3) is 0 Å². The zero-order valence-corrected chi connectivity index (χ0v) is 21.8. The highest BCUT2D eigenvalue weighted by Gasteiger charge is 2.16. The van der Waals surface area contributed by atoms with Crippen LogP contribution in [0.4, 0.5) is 10.5 Å². The predicted molar refractivity (Wildman–Crippen MR) is 142 cm³/mol. The largest absolute Gasteiger partial charge is 0.427 e. The molecule has 0 saturated carbocycles. The standard InChI is InChI=1S/C28H40N2O3S/c1-4-6-8-10-12-20-30(28(32)29-19-11-9-7-5-2)24-15-13-17-26(21-24)34-27-18-14-16-25(22-27)33-23(3)31/h13-18,21-22H,4-12,19-20H2,1-3H3,(H,29,32). The summed E-state index contributed by atoms with van der Waals surface area (Å²) in [5.41, 5.74) is 0.905. The van der Waals surface area contributed by atoms with Crippen LogP contribution in [0.3, 0.4) is 0 Å². The van der Waals surface area contributed by atoms with Crippen molar-refractivity contribution in [1.82, 2.24) is 5.32 Å². The van der Waals surface area contributed by atoms with Crippen LogP contribution in [0.15, 0.2) is 58.3 Å². The van der Waals surface area contributed by atoms with Crippen LogP contribution in [-0.4, -0.2) is 25.1 Å². The molecule has 0 aliphatic rings. The Hall–Kier alpha value is -2.47. The van der Waals surface area contributed by atoms with Gasteiger partial charge >= 0.3 is 12.0 Å². The second kappa shape index (κ2) is 16.2. The van der Waals surface area contributed by atoms with E-state index in [0.29, 0.717) is 18.8 Å². The van der Waals surface area contributed by atoms with E-state index in [-0.39, 0.29) is 12.0 Å². The molecule has 0 aliphatic heterocycles. The van der Waals surface area contributed by atoms with E-state index >= 15 is 0 Å². The molecule has 0 saturated heterocycles. The van der Waals surface area contributed by atoms with E-state index in [1.807, 2.05) is 41.3 Å². The van der Waals surface area contributed by atoms with Crippen molar-refractivity contribution in [3.63, 3.8) is 0 Å². The van der Waals surface area contributed by atoms with Crippen molar-refractivity contribution >= 4 is 29.4 Å². The Balaban J connectivity index is 2.09. The maximum Gasteiger partial charge on any atom is 0.321 e. The van der Waals surface area contributed by atoms with Crippen LogP contribution in [0.25, 0.3) is 0 Å². The molecule has 5 nitrogen and oxygen atoms in total. The van der Waals surface area contributed by atoms with Crippen molar-refractivity contribution in [2.24, 2.45) is 0 Å². The highest BCUT2D eigenvalue weighted by Crippen LogP contribution is 2.32. The first-order valence-corrected chi connectivity index (χ1v) is 13.5. The molecule has 0 bridgehead atoms. The number of amides is 2. The quantitative estimate of drug-likeness (QED) is 0.159. The topological polar surface area (TPSA) is 58.6 Å². The molecule has 0 atom stereocenters. The molecule has 0 aromatic heterocycles. The zero-order valence-electron chi connectivity index (χ0n) is 21.0. The first-order chi connectivity index (χ1) is 16.5. The maximum atomic E-state index is 13.1. The number of benzene rings is 2. The van der Waals surface area contributed by atoms with E-state index in [9.17, 15) is 9.59 Å². The van der Waals surface area contributed by atoms with Crippen molar-refractivity contribution in [2.75, 3.05) is 18.0 Å².